The molecule has 3 heterocycles. The third kappa shape index (κ3) is 0.263. The Morgan fingerprint density at radius 2 is 1.45 bits per heavy atom. The van der Waals surface area contributed by atoms with Crippen LogP contribution in [0.3, 0.4) is 0 Å². The van der Waals surface area contributed by atoms with Crippen LogP contribution in [0.15, 0.2) is 30.5 Å². The van der Waals surface area contributed by atoms with Crippen molar-refractivity contribution in [1.29, 1.82) is 0 Å². The molecule has 0 saturated heterocycles. The Kier molecular flexibility index (Phi) is 0.624. The van der Waals surface area contributed by atoms with Gasteiger partial charge in [-0.25, -0.2) is 0 Å². The lowest BCUT2D eigenvalue weighted by Gasteiger charge is -2.43. The molecule has 6 spiro atoms. The first-order valence-electron chi connectivity index (χ1n) is 7.21. The van der Waals surface area contributed by atoms with Gasteiger partial charge in [0, 0.05) is 44.3 Å². The minimum absolute atomic E-state index is 0.514. The van der Waals surface area contributed by atoms with Crippen molar-refractivity contribution in [3.8, 4) is 11.3 Å². The summed E-state index contributed by atoms with van der Waals surface area (Å²) in [6, 6.07) is 8.75. The van der Waals surface area contributed by atoms with E-state index in [9.17, 15) is 0 Å². The molecular weight excluding hydrogens is 289 g/mol. The molecule has 6 saturated carbocycles. The van der Waals surface area contributed by atoms with Crippen LogP contribution in [-0.4, -0.2) is 4.98 Å². The number of aromatic nitrogens is 1. The Morgan fingerprint density at radius 3 is 2.05 bits per heavy atom. The van der Waals surface area contributed by atoms with Gasteiger partial charge in [-0.3, -0.25) is 4.98 Å². The molecule has 2 aliphatic heterocycles. The smallest absolute Gasteiger partial charge is 0.0732 e. The van der Waals surface area contributed by atoms with E-state index in [4.69, 9.17) is 23.2 Å². The molecule has 6 fully saturated rings. The van der Waals surface area contributed by atoms with Crippen molar-refractivity contribution in [2.45, 2.75) is 10.8 Å². The zero-order valence-corrected chi connectivity index (χ0v) is 11.6. The fourth-order valence-corrected chi connectivity index (χ4v) is 9.90. The normalized spacial score (nSPS) is 65.7. The third-order valence-electron chi connectivity index (χ3n) is 8.74. The molecule has 2 unspecified atom stereocenters. The largest absolute Gasteiger partial charge is 0.256 e. The van der Waals surface area contributed by atoms with E-state index in [1.54, 1.807) is 0 Å². The molecule has 92 valence electrons. The van der Waals surface area contributed by atoms with Crippen molar-refractivity contribution in [1.82, 2.24) is 4.98 Å². The minimum Gasteiger partial charge on any atom is -0.256 e. The van der Waals surface area contributed by atoms with Crippen LogP contribution in [0.4, 0.5) is 0 Å². The van der Waals surface area contributed by atoms with Crippen molar-refractivity contribution in [3.05, 3.63) is 51.6 Å². The molecule has 20 heavy (non-hydrogen) atoms. The number of nitrogens with zero attached hydrogens (tertiary/aromatic N) is 1. The SMILES string of the molecule is Clc1cc2cc(Cl)c1-c1ccc(cn1)C13C45C26C12C34C652. The van der Waals surface area contributed by atoms with Gasteiger partial charge in [-0.2, -0.15) is 0 Å². The second kappa shape index (κ2) is 1.48. The maximum Gasteiger partial charge on any atom is 0.0732 e. The third-order valence-corrected chi connectivity index (χ3v) is 9.34. The number of rotatable bonds is 0. The van der Waals surface area contributed by atoms with Gasteiger partial charge >= 0.3 is 0 Å². The maximum absolute atomic E-state index is 6.54. The van der Waals surface area contributed by atoms with Gasteiger partial charge in [0.1, 0.15) is 0 Å². The molecule has 0 radical (unpaired) electrons. The van der Waals surface area contributed by atoms with Crippen LogP contribution in [0.5, 0.6) is 0 Å². The van der Waals surface area contributed by atoms with E-state index < -0.39 is 0 Å². The average Bonchev–Trinajstić information content (AvgIpc) is 3.26. The molecule has 8 aliphatic carbocycles. The first kappa shape index (κ1) is 8.41. The summed E-state index contributed by atoms with van der Waals surface area (Å²) >= 11 is 13.1. The van der Waals surface area contributed by atoms with Gasteiger partial charge < -0.3 is 0 Å². The molecule has 4 bridgehead atoms. The Bertz CT molecular complexity index is 1010. The molecule has 0 amide bonds. The topological polar surface area (TPSA) is 12.9 Å². The highest BCUT2D eigenvalue weighted by Crippen LogP contribution is 3.77. The summed E-state index contributed by atoms with van der Waals surface area (Å²) in [6.07, 6.45) is 2.09. The molecule has 1 aromatic carbocycles. The second-order valence-corrected chi connectivity index (χ2v) is 8.56. The highest BCUT2D eigenvalue weighted by atomic mass is 35.5. The van der Waals surface area contributed by atoms with E-state index in [0.29, 0.717) is 21.7 Å². The number of pyridine rings is 1. The van der Waals surface area contributed by atoms with Gasteiger partial charge in [0.05, 0.1) is 15.7 Å². The van der Waals surface area contributed by atoms with Crippen LogP contribution in [0.1, 0.15) is 11.1 Å². The average molecular weight is 294 g/mol. The molecule has 2 aromatic rings. The van der Waals surface area contributed by atoms with Crippen molar-refractivity contribution in [2.24, 2.45) is 21.7 Å². The zero-order valence-electron chi connectivity index (χ0n) is 10.1. The zero-order chi connectivity index (χ0) is 12.7. The number of benzene rings is 1. The van der Waals surface area contributed by atoms with Gasteiger partial charge in [-0.05, 0) is 29.3 Å². The molecular formula is C17H5Cl2N. The van der Waals surface area contributed by atoms with E-state index >= 15 is 0 Å². The summed E-state index contributed by atoms with van der Waals surface area (Å²) in [5.74, 6) is 0. The van der Waals surface area contributed by atoms with E-state index in [1.807, 2.05) is 0 Å². The van der Waals surface area contributed by atoms with E-state index in [1.165, 1.54) is 11.1 Å². The quantitative estimate of drug-likeness (QED) is 0.724. The predicted octanol–water partition coefficient (Wildman–Crippen LogP) is 3.57. The van der Waals surface area contributed by atoms with Crippen molar-refractivity contribution >= 4 is 23.2 Å². The Labute approximate surface area is 123 Å². The van der Waals surface area contributed by atoms with Crippen molar-refractivity contribution in [2.75, 3.05) is 0 Å². The number of hydrogen-bond donors (Lipinski definition) is 0. The van der Waals surface area contributed by atoms with Crippen LogP contribution in [0.2, 0.25) is 10.0 Å². The lowest BCUT2D eigenvalue weighted by Crippen LogP contribution is -2.45. The summed E-state index contributed by atoms with van der Waals surface area (Å²) < 4.78 is 0. The summed E-state index contributed by atoms with van der Waals surface area (Å²) in [6.45, 7) is 0. The van der Waals surface area contributed by atoms with Crippen LogP contribution in [0, 0.1) is 21.7 Å². The highest BCUT2D eigenvalue weighted by molar-refractivity contribution is 6.40. The summed E-state index contributed by atoms with van der Waals surface area (Å²) in [5, 5.41) is 1.53. The van der Waals surface area contributed by atoms with Crippen LogP contribution >= 0.6 is 23.2 Å². The number of hydrogen-bond acceptors (Lipinski definition) is 1. The Morgan fingerprint density at radius 1 is 0.800 bits per heavy atom. The van der Waals surface area contributed by atoms with Crippen LogP contribution < -0.4 is 0 Å². The van der Waals surface area contributed by atoms with Gasteiger partial charge in [0.25, 0.3) is 0 Å². The summed E-state index contributed by atoms with van der Waals surface area (Å²) in [4.78, 5) is 4.66. The van der Waals surface area contributed by atoms with Gasteiger partial charge in [0.2, 0.25) is 0 Å². The minimum atomic E-state index is 0.514. The van der Waals surface area contributed by atoms with Crippen LogP contribution in [0.25, 0.3) is 11.3 Å². The highest BCUT2D eigenvalue weighted by Gasteiger charge is 3.80. The van der Waals surface area contributed by atoms with Gasteiger partial charge in [0.15, 0.2) is 0 Å². The Hall–Kier alpha value is -1.05. The summed E-state index contributed by atoms with van der Waals surface area (Å²) in [5.41, 5.74) is 8.61. The first-order valence-corrected chi connectivity index (χ1v) is 7.97. The molecule has 1 nitrogen and oxygen atoms in total. The molecule has 10 aliphatic rings. The van der Waals surface area contributed by atoms with E-state index in [2.05, 4.69) is 35.4 Å². The molecule has 1 aromatic heterocycles. The van der Waals surface area contributed by atoms with Gasteiger partial charge in [-0.1, -0.05) is 29.3 Å². The molecule has 12 rings (SSSR count). The maximum atomic E-state index is 6.54. The van der Waals surface area contributed by atoms with Crippen molar-refractivity contribution in [3.63, 3.8) is 0 Å². The van der Waals surface area contributed by atoms with E-state index in [0.717, 1.165) is 32.1 Å². The van der Waals surface area contributed by atoms with Gasteiger partial charge in [-0.15, -0.1) is 0 Å². The number of halogens is 2. The lowest BCUT2D eigenvalue weighted by atomic mass is 9.58. The van der Waals surface area contributed by atoms with Crippen molar-refractivity contribution < 1.29 is 0 Å². The second-order valence-electron chi connectivity index (χ2n) is 7.75. The predicted molar refractivity (Wildman–Crippen MR) is 72.8 cm³/mol. The monoisotopic (exact) mass is 293 g/mol. The standard InChI is InChI=1S/C17H5Cl2N/c18-8-3-7-4-9(19)11(8)10-2-1-6(5-20-10)12-14-13(7)15(12)16(12,14)17(13,14)15/h1-5H. The Balaban J connectivity index is 1.55. The van der Waals surface area contributed by atoms with E-state index in [-0.39, 0.29) is 0 Å². The lowest BCUT2D eigenvalue weighted by molar-refractivity contribution is 0.138. The van der Waals surface area contributed by atoms with Crippen LogP contribution in [-0.2, 0) is 10.8 Å². The molecule has 3 heteroatoms. The summed E-state index contributed by atoms with van der Waals surface area (Å²) in [7, 11) is 0. The fraction of sp³-hybridized carbons (Fsp3) is 0.353. The molecule has 2 atom stereocenters. The fourth-order valence-electron chi connectivity index (χ4n) is 9.22. The first-order chi connectivity index (χ1) is 9.75. The molecule has 0 N–H and O–H groups in total.